The Morgan fingerprint density at radius 2 is 2.69 bits per heavy atom. The predicted molar refractivity (Wildman–Crippen MR) is 49.2 cm³/mol. The van der Waals surface area contributed by atoms with Crippen LogP contribution in [0, 0.1) is 0 Å². The van der Waals surface area contributed by atoms with E-state index in [-0.39, 0.29) is 0 Å². The van der Waals surface area contributed by atoms with Gasteiger partial charge in [0, 0.05) is 31.7 Å². The van der Waals surface area contributed by atoms with Crippen molar-refractivity contribution < 1.29 is 4.52 Å². The minimum Gasteiger partial charge on any atom is -0.360 e. The van der Waals surface area contributed by atoms with Crippen LogP contribution in [0.25, 0.3) is 0 Å². The average molecular weight is 181 g/mol. The lowest BCUT2D eigenvalue weighted by Gasteiger charge is -2.30. The first-order valence-electron chi connectivity index (χ1n) is 4.70. The van der Waals surface area contributed by atoms with Gasteiger partial charge in [0.2, 0.25) is 0 Å². The Morgan fingerprint density at radius 1 is 1.77 bits per heavy atom. The Hall–Kier alpha value is -0.870. The fourth-order valence-corrected chi connectivity index (χ4v) is 1.70. The molecule has 1 aliphatic rings. The number of nitrogens with one attached hydrogen (secondary N) is 1. The van der Waals surface area contributed by atoms with E-state index in [1.165, 1.54) is 0 Å². The molecule has 0 amide bonds. The molecule has 0 saturated carbocycles. The third-order valence-electron chi connectivity index (χ3n) is 2.32. The van der Waals surface area contributed by atoms with Gasteiger partial charge in [-0.05, 0) is 6.92 Å². The number of rotatable bonds is 2. The van der Waals surface area contributed by atoms with Crippen molar-refractivity contribution in [3.05, 3.63) is 18.0 Å². The Morgan fingerprint density at radius 3 is 3.38 bits per heavy atom. The van der Waals surface area contributed by atoms with Gasteiger partial charge in [-0.2, -0.15) is 0 Å². The van der Waals surface area contributed by atoms with E-state index in [0.717, 1.165) is 31.9 Å². The zero-order chi connectivity index (χ0) is 9.10. The van der Waals surface area contributed by atoms with Crippen molar-refractivity contribution >= 4 is 0 Å². The standard InChI is InChI=1S/C9H15N3O/c1-8-6-12(5-4-10-8)7-9-2-3-11-13-9/h2-3,8,10H,4-7H2,1H3/t8-/m0/s1. The second-order valence-corrected chi connectivity index (χ2v) is 3.57. The number of hydrogen-bond donors (Lipinski definition) is 1. The normalized spacial score (nSPS) is 24.8. The lowest BCUT2D eigenvalue weighted by Crippen LogP contribution is -2.48. The highest BCUT2D eigenvalue weighted by Gasteiger charge is 2.16. The summed E-state index contributed by atoms with van der Waals surface area (Å²) in [5.74, 6) is 0.953. The SMILES string of the molecule is C[C@H]1CN(Cc2ccno2)CCN1. The first-order valence-corrected chi connectivity index (χ1v) is 4.70. The molecule has 1 fully saturated rings. The first-order chi connectivity index (χ1) is 6.34. The van der Waals surface area contributed by atoms with Crippen LogP contribution in [0.1, 0.15) is 12.7 Å². The molecule has 0 bridgehead atoms. The van der Waals surface area contributed by atoms with E-state index < -0.39 is 0 Å². The van der Waals surface area contributed by atoms with E-state index in [1.54, 1.807) is 6.20 Å². The van der Waals surface area contributed by atoms with Crippen molar-refractivity contribution in [2.24, 2.45) is 0 Å². The van der Waals surface area contributed by atoms with Crippen molar-refractivity contribution in [3.8, 4) is 0 Å². The highest BCUT2D eigenvalue weighted by Crippen LogP contribution is 2.06. The summed E-state index contributed by atoms with van der Waals surface area (Å²) in [5, 5.41) is 7.09. The van der Waals surface area contributed by atoms with Crippen LogP contribution < -0.4 is 5.32 Å². The van der Waals surface area contributed by atoms with Gasteiger partial charge in [-0.1, -0.05) is 5.16 Å². The maximum absolute atomic E-state index is 5.06. The van der Waals surface area contributed by atoms with Gasteiger partial charge in [-0.25, -0.2) is 0 Å². The van der Waals surface area contributed by atoms with Crippen molar-refractivity contribution in [2.75, 3.05) is 19.6 Å². The molecule has 0 aromatic carbocycles. The van der Waals surface area contributed by atoms with E-state index in [2.05, 4.69) is 22.3 Å². The Balaban J connectivity index is 1.87. The molecule has 2 rings (SSSR count). The topological polar surface area (TPSA) is 41.3 Å². The largest absolute Gasteiger partial charge is 0.360 e. The maximum atomic E-state index is 5.06. The molecule has 4 heteroatoms. The van der Waals surface area contributed by atoms with Crippen LogP contribution in [0.15, 0.2) is 16.8 Å². The summed E-state index contributed by atoms with van der Waals surface area (Å²) in [6, 6.07) is 2.50. The van der Waals surface area contributed by atoms with Crippen LogP contribution in [-0.2, 0) is 6.54 Å². The summed E-state index contributed by atoms with van der Waals surface area (Å²) in [7, 11) is 0. The lowest BCUT2D eigenvalue weighted by molar-refractivity contribution is 0.180. The van der Waals surface area contributed by atoms with E-state index in [0.29, 0.717) is 6.04 Å². The quantitative estimate of drug-likeness (QED) is 0.720. The molecule has 1 aliphatic heterocycles. The highest BCUT2D eigenvalue weighted by atomic mass is 16.5. The molecule has 13 heavy (non-hydrogen) atoms. The zero-order valence-electron chi connectivity index (χ0n) is 7.86. The molecule has 72 valence electrons. The van der Waals surface area contributed by atoms with E-state index in [1.807, 2.05) is 6.07 Å². The van der Waals surface area contributed by atoms with Crippen LogP contribution in [0.2, 0.25) is 0 Å². The summed E-state index contributed by atoms with van der Waals surface area (Å²) in [4.78, 5) is 2.38. The molecule has 4 nitrogen and oxygen atoms in total. The molecule has 1 N–H and O–H groups in total. The van der Waals surface area contributed by atoms with Crippen LogP contribution in [0.4, 0.5) is 0 Å². The summed E-state index contributed by atoms with van der Waals surface area (Å²) < 4.78 is 5.06. The van der Waals surface area contributed by atoms with Crippen LogP contribution >= 0.6 is 0 Å². The average Bonchev–Trinajstić information content (AvgIpc) is 2.57. The van der Waals surface area contributed by atoms with Gasteiger partial charge in [0.1, 0.15) is 0 Å². The molecule has 1 atom stereocenters. The molecular formula is C9H15N3O. The van der Waals surface area contributed by atoms with Gasteiger partial charge in [0.15, 0.2) is 5.76 Å². The summed E-state index contributed by atoms with van der Waals surface area (Å²) >= 11 is 0. The highest BCUT2D eigenvalue weighted by molar-refractivity contribution is 4.93. The second-order valence-electron chi connectivity index (χ2n) is 3.57. The summed E-state index contributed by atoms with van der Waals surface area (Å²) in [6.07, 6.45) is 1.70. The van der Waals surface area contributed by atoms with Gasteiger partial charge in [0.25, 0.3) is 0 Å². The maximum Gasteiger partial charge on any atom is 0.150 e. The van der Waals surface area contributed by atoms with Gasteiger partial charge in [0.05, 0.1) is 12.7 Å². The van der Waals surface area contributed by atoms with Crippen molar-refractivity contribution in [1.29, 1.82) is 0 Å². The monoisotopic (exact) mass is 181 g/mol. The number of aromatic nitrogens is 1. The first kappa shape index (κ1) is 8.72. The molecule has 0 unspecified atom stereocenters. The van der Waals surface area contributed by atoms with Crippen LogP contribution in [-0.4, -0.2) is 35.7 Å². The molecule has 2 heterocycles. The zero-order valence-corrected chi connectivity index (χ0v) is 7.86. The van der Waals surface area contributed by atoms with Gasteiger partial charge in [-0.15, -0.1) is 0 Å². The number of hydrogen-bond acceptors (Lipinski definition) is 4. The second kappa shape index (κ2) is 3.89. The predicted octanol–water partition coefficient (Wildman–Crippen LogP) is 0.468. The third-order valence-corrected chi connectivity index (χ3v) is 2.32. The van der Waals surface area contributed by atoms with E-state index in [4.69, 9.17) is 4.52 Å². The number of piperazine rings is 1. The van der Waals surface area contributed by atoms with Gasteiger partial charge in [-0.3, -0.25) is 4.90 Å². The summed E-state index contributed by atoms with van der Waals surface area (Å²) in [6.45, 7) is 6.32. The Labute approximate surface area is 77.9 Å². The van der Waals surface area contributed by atoms with E-state index >= 15 is 0 Å². The molecule has 0 spiro atoms. The smallest absolute Gasteiger partial charge is 0.150 e. The molecule has 1 saturated heterocycles. The lowest BCUT2D eigenvalue weighted by atomic mass is 10.2. The molecule has 0 aliphatic carbocycles. The fraction of sp³-hybridized carbons (Fsp3) is 0.667. The molecule has 1 aromatic rings. The van der Waals surface area contributed by atoms with Crippen molar-refractivity contribution in [2.45, 2.75) is 19.5 Å². The van der Waals surface area contributed by atoms with Gasteiger partial charge < -0.3 is 9.84 Å². The Bertz CT molecular complexity index is 247. The molecule has 0 radical (unpaired) electrons. The fourth-order valence-electron chi connectivity index (χ4n) is 1.70. The van der Waals surface area contributed by atoms with Gasteiger partial charge >= 0.3 is 0 Å². The van der Waals surface area contributed by atoms with Crippen LogP contribution in [0.3, 0.4) is 0 Å². The molecular weight excluding hydrogens is 166 g/mol. The summed E-state index contributed by atoms with van der Waals surface area (Å²) in [5.41, 5.74) is 0. The minimum atomic E-state index is 0.580. The third kappa shape index (κ3) is 2.29. The Kier molecular flexibility index (Phi) is 2.61. The molecule has 1 aromatic heterocycles. The van der Waals surface area contributed by atoms with Crippen molar-refractivity contribution in [3.63, 3.8) is 0 Å². The van der Waals surface area contributed by atoms with Crippen LogP contribution in [0.5, 0.6) is 0 Å². The van der Waals surface area contributed by atoms with E-state index in [9.17, 15) is 0 Å². The van der Waals surface area contributed by atoms with Crippen molar-refractivity contribution in [1.82, 2.24) is 15.4 Å². The minimum absolute atomic E-state index is 0.580. The number of nitrogens with zero attached hydrogens (tertiary/aromatic N) is 2.